The molecule has 1 aromatic heterocycles. The summed E-state index contributed by atoms with van der Waals surface area (Å²) in [4.78, 5) is 25.2. The molecule has 0 aliphatic carbocycles. The monoisotopic (exact) mass is 278 g/mol. The summed E-state index contributed by atoms with van der Waals surface area (Å²) in [6, 6.07) is 4.44. The van der Waals surface area contributed by atoms with Gasteiger partial charge in [0.1, 0.15) is 5.82 Å². The van der Waals surface area contributed by atoms with Crippen LogP contribution in [0.25, 0.3) is 0 Å². The molecule has 0 spiro atoms. The molecule has 1 aromatic carbocycles. The molecule has 0 unspecified atom stereocenters. The molecule has 0 aliphatic heterocycles. The summed E-state index contributed by atoms with van der Waals surface area (Å²) in [6.07, 6.45) is 2.60. The van der Waals surface area contributed by atoms with Crippen LogP contribution >= 0.6 is 0 Å². The molecule has 0 atom stereocenters. The highest BCUT2D eigenvalue weighted by Gasteiger charge is 2.25. The first-order chi connectivity index (χ1) is 9.50. The van der Waals surface area contributed by atoms with Crippen molar-refractivity contribution in [2.45, 2.75) is 6.42 Å². The number of aromatic nitrogens is 1. The largest absolute Gasteiger partial charge is 0.305 e. The van der Waals surface area contributed by atoms with Gasteiger partial charge in [-0.05, 0) is 23.8 Å². The van der Waals surface area contributed by atoms with E-state index < -0.39 is 33.6 Å². The van der Waals surface area contributed by atoms with Gasteiger partial charge in [-0.1, -0.05) is 0 Å². The third-order valence-corrected chi connectivity index (χ3v) is 2.66. The van der Waals surface area contributed by atoms with Gasteiger partial charge in [0.25, 0.3) is 0 Å². The predicted octanol–water partition coefficient (Wildman–Crippen LogP) is 2.69. The summed E-state index contributed by atoms with van der Waals surface area (Å²) in [5.41, 5.74) is -1.31. The smallest absolute Gasteiger partial charge is 0.294 e. The van der Waals surface area contributed by atoms with Crippen LogP contribution in [0.3, 0.4) is 0 Å². The number of nitro benzene ring substituents is 1. The van der Waals surface area contributed by atoms with Crippen LogP contribution < -0.4 is 0 Å². The second-order valence-corrected chi connectivity index (χ2v) is 3.97. The van der Waals surface area contributed by atoms with E-state index in [1.165, 1.54) is 24.5 Å². The molecule has 102 valence electrons. The van der Waals surface area contributed by atoms with E-state index in [0.717, 1.165) is 0 Å². The van der Waals surface area contributed by atoms with Crippen molar-refractivity contribution < 1.29 is 18.5 Å². The molecule has 7 heteroatoms. The average molecular weight is 278 g/mol. The molecule has 0 saturated carbocycles. The predicted molar refractivity (Wildman–Crippen MR) is 65.3 cm³/mol. The van der Waals surface area contributed by atoms with Crippen LogP contribution in [0.15, 0.2) is 36.7 Å². The second kappa shape index (κ2) is 5.52. The van der Waals surface area contributed by atoms with E-state index in [9.17, 15) is 23.7 Å². The minimum absolute atomic E-state index is 0.266. The first-order valence-corrected chi connectivity index (χ1v) is 5.55. The first kappa shape index (κ1) is 13.7. The van der Waals surface area contributed by atoms with Crippen LogP contribution in [-0.2, 0) is 6.42 Å². The number of carbonyl (C=O) groups is 1. The minimum atomic E-state index is -1.45. The minimum Gasteiger partial charge on any atom is -0.294 e. The summed E-state index contributed by atoms with van der Waals surface area (Å²) in [6.45, 7) is 0. The van der Waals surface area contributed by atoms with Gasteiger partial charge >= 0.3 is 5.69 Å². The van der Waals surface area contributed by atoms with Gasteiger partial charge in [-0.2, -0.15) is 4.39 Å². The van der Waals surface area contributed by atoms with Crippen molar-refractivity contribution in [2.24, 2.45) is 0 Å². The lowest BCUT2D eigenvalue weighted by Gasteiger charge is -2.04. The Morgan fingerprint density at radius 2 is 1.85 bits per heavy atom. The summed E-state index contributed by atoms with van der Waals surface area (Å²) < 4.78 is 27.4. The Bertz CT molecular complexity index is 675. The normalized spacial score (nSPS) is 10.3. The lowest BCUT2D eigenvalue weighted by atomic mass is 10.0. The van der Waals surface area contributed by atoms with Crippen molar-refractivity contribution in [3.63, 3.8) is 0 Å². The fourth-order valence-corrected chi connectivity index (χ4v) is 1.71. The molecule has 2 rings (SSSR count). The van der Waals surface area contributed by atoms with Gasteiger partial charge in [-0.3, -0.25) is 19.9 Å². The molecule has 5 nitrogen and oxygen atoms in total. The van der Waals surface area contributed by atoms with E-state index in [2.05, 4.69) is 4.98 Å². The Morgan fingerprint density at radius 3 is 2.45 bits per heavy atom. The standard InChI is InChI=1S/C13H8F2N2O3/c14-9-1-2-10(17(19)20)13(15)12(9)11(18)7-8-3-5-16-6-4-8/h1-6H,7H2. The van der Waals surface area contributed by atoms with E-state index in [1.54, 1.807) is 0 Å². The van der Waals surface area contributed by atoms with Crippen LogP contribution in [0.1, 0.15) is 15.9 Å². The van der Waals surface area contributed by atoms with E-state index in [4.69, 9.17) is 0 Å². The van der Waals surface area contributed by atoms with E-state index in [1.807, 2.05) is 0 Å². The molecular weight excluding hydrogens is 270 g/mol. The van der Waals surface area contributed by atoms with Crippen LogP contribution in [0.2, 0.25) is 0 Å². The highest BCUT2D eigenvalue weighted by Crippen LogP contribution is 2.24. The zero-order valence-corrected chi connectivity index (χ0v) is 10.0. The van der Waals surface area contributed by atoms with Gasteiger partial charge in [-0.25, -0.2) is 4.39 Å². The number of nitro groups is 1. The Hall–Kier alpha value is -2.70. The molecule has 0 aliphatic rings. The average Bonchev–Trinajstić information content (AvgIpc) is 2.39. The Kier molecular flexibility index (Phi) is 3.79. The molecule has 1 heterocycles. The number of ketones is 1. The van der Waals surface area contributed by atoms with Gasteiger partial charge in [0.05, 0.1) is 10.5 Å². The topological polar surface area (TPSA) is 73.1 Å². The third-order valence-electron chi connectivity index (χ3n) is 2.66. The highest BCUT2D eigenvalue weighted by atomic mass is 19.1. The van der Waals surface area contributed by atoms with E-state index >= 15 is 0 Å². The molecule has 2 aromatic rings. The summed E-state index contributed by atoms with van der Waals surface area (Å²) in [7, 11) is 0. The molecule has 20 heavy (non-hydrogen) atoms. The van der Waals surface area contributed by atoms with E-state index in [-0.39, 0.29) is 6.42 Å². The molecule has 0 bridgehead atoms. The zero-order chi connectivity index (χ0) is 14.7. The van der Waals surface area contributed by atoms with Crippen LogP contribution in [-0.4, -0.2) is 15.7 Å². The Morgan fingerprint density at radius 1 is 1.20 bits per heavy atom. The van der Waals surface area contributed by atoms with Crippen LogP contribution in [0.5, 0.6) is 0 Å². The Labute approximate surface area is 112 Å². The quantitative estimate of drug-likeness (QED) is 0.489. The summed E-state index contributed by atoms with van der Waals surface area (Å²) in [5.74, 6) is -3.43. The van der Waals surface area contributed by atoms with Crippen molar-refractivity contribution in [3.8, 4) is 0 Å². The van der Waals surface area contributed by atoms with Gasteiger partial charge in [0.2, 0.25) is 5.82 Å². The lowest BCUT2D eigenvalue weighted by Crippen LogP contribution is -2.11. The number of hydrogen-bond donors (Lipinski definition) is 0. The van der Waals surface area contributed by atoms with Gasteiger partial charge in [0.15, 0.2) is 5.78 Å². The molecular formula is C13H8F2N2O3. The lowest BCUT2D eigenvalue weighted by molar-refractivity contribution is -0.387. The van der Waals surface area contributed by atoms with Gasteiger partial charge in [0, 0.05) is 24.9 Å². The number of hydrogen-bond acceptors (Lipinski definition) is 4. The van der Waals surface area contributed by atoms with Crippen molar-refractivity contribution in [1.82, 2.24) is 4.98 Å². The number of carbonyl (C=O) groups excluding carboxylic acids is 1. The number of halogens is 2. The molecule has 0 radical (unpaired) electrons. The maximum Gasteiger partial charge on any atom is 0.305 e. The molecule has 0 fully saturated rings. The number of pyridine rings is 1. The second-order valence-electron chi connectivity index (χ2n) is 3.97. The number of benzene rings is 1. The van der Waals surface area contributed by atoms with Crippen molar-refractivity contribution in [1.29, 1.82) is 0 Å². The molecule has 0 N–H and O–H groups in total. The van der Waals surface area contributed by atoms with Crippen LogP contribution in [0, 0.1) is 21.7 Å². The van der Waals surface area contributed by atoms with Crippen molar-refractivity contribution in [2.75, 3.05) is 0 Å². The molecule has 0 amide bonds. The first-order valence-electron chi connectivity index (χ1n) is 5.55. The fraction of sp³-hybridized carbons (Fsp3) is 0.0769. The Balaban J connectivity index is 2.39. The third kappa shape index (κ3) is 2.66. The van der Waals surface area contributed by atoms with Crippen molar-refractivity contribution >= 4 is 11.5 Å². The van der Waals surface area contributed by atoms with E-state index in [0.29, 0.717) is 17.7 Å². The summed E-state index contributed by atoms with van der Waals surface area (Å²) in [5, 5.41) is 10.6. The number of rotatable bonds is 4. The number of nitrogens with zero attached hydrogens (tertiary/aromatic N) is 2. The maximum atomic E-state index is 13.8. The summed E-state index contributed by atoms with van der Waals surface area (Å²) >= 11 is 0. The van der Waals surface area contributed by atoms with Crippen molar-refractivity contribution in [3.05, 3.63) is 69.5 Å². The van der Waals surface area contributed by atoms with Gasteiger partial charge < -0.3 is 0 Å². The molecule has 0 saturated heterocycles. The van der Waals surface area contributed by atoms with Gasteiger partial charge in [-0.15, -0.1) is 0 Å². The highest BCUT2D eigenvalue weighted by molar-refractivity contribution is 5.98. The fourth-order valence-electron chi connectivity index (χ4n) is 1.71. The number of Topliss-reactive ketones (excluding diaryl/α,β-unsaturated/α-hetero) is 1. The maximum absolute atomic E-state index is 13.8. The zero-order valence-electron chi connectivity index (χ0n) is 10.0. The van der Waals surface area contributed by atoms with Crippen LogP contribution in [0.4, 0.5) is 14.5 Å². The SMILES string of the molecule is O=C(Cc1ccncc1)c1c(F)ccc([N+](=O)[O-])c1F.